The topological polar surface area (TPSA) is 40.1 Å². The maximum Gasteiger partial charge on any atom is 0.194 e. The van der Waals surface area contributed by atoms with Gasteiger partial charge in [0, 0.05) is 62.7 Å². The van der Waals surface area contributed by atoms with Crippen LogP contribution in [0.5, 0.6) is 0 Å². The molecule has 0 aromatic rings. The molecule has 3 aliphatic heterocycles. The van der Waals surface area contributed by atoms with Crippen molar-refractivity contribution < 1.29 is 4.74 Å². The van der Waals surface area contributed by atoms with Crippen LogP contribution in [0.25, 0.3) is 0 Å². The molecule has 4 unspecified atom stereocenters. The molecular formula is C21H35IN4O. The normalized spacial score (nSPS) is 37.5. The van der Waals surface area contributed by atoms with Gasteiger partial charge in [-0.3, -0.25) is 9.89 Å². The van der Waals surface area contributed by atoms with E-state index in [4.69, 9.17) is 9.73 Å². The zero-order valence-electron chi connectivity index (χ0n) is 16.6. The summed E-state index contributed by atoms with van der Waals surface area (Å²) < 4.78 is 6.16. The fourth-order valence-electron chi connectivity index (χ4n) is 6.45. The Bertz CT molecular complexity index is 581. The summed E-state index contributed by atoms with van der Waals surface area (Å²) in [7, 11) is 0. The van der Waals surface area contributed by atoms with E-state index in [-0.39, 0.29) is 24.0 Å². The lowest BCUT2D eigenvalue weighted by Gasteiger charge is -2.57. The highest BCUT2D eigenvalue weighted by molar-refractivity contribution is 14.0. The van der Waals surface area contributed by atoms with Gasteiger partial charge in [-0.15, -0.1) is 24.0 Å². The molecule has 1 spiro atoms. The second-order valence-electron chi connectivity index (χ2n) is 8.92. The van der Waals surface area contributed by atoms with Crippen molar-refractivity contribution in [1.82, 2.24) is 15.1 Å². The summed E-state index contributed by atoms with van der Waals surface area (Å²) in [6, 6.07) is 1.26. The van der Waals surface area contributed by atoms with Crippen molar-refractivity contribution in [1.29, 1.82) is 0 Å². The average molecular weight is 486 g/mol. The lowest BCUT2D eigenvalue weighted by molar-refractivity contribution is -0.125. The van der Waals surface area contributed by atoms with Gasteiger partial charge in [-0.1, -0.05) is 25.0 Å². The number of aliphatic imine (C=N–C) groups is 1. The molecule has 4 atom stereocenters. The van der Waals surface area contributed by atoms with Crippen molar-refractivity contribution in [2.45, 2.75) is 63.6 Å². The molecule has 0 amide bonds. The standard InChI is InChI=1S/C21H34N4O.HI/c1-2-22-20(25-13-7-16(15-25)24-11-5-6-12-24)23-18-17-8-14-26-19(17)21(18)9-3-4-10-21;/h5-6,16-19H,2-4,7-15H2,1H3,(H,22,23);1H. The van der Waals surface area contributed by atoms with Crippen LogP contribution in [0.1, 0.15) is 45.4 Å². The third-order valence-electron chi connectivity index (χ3n) is 7.70. The van der Waals surface area contributed by atoms with E-state index in [9.17, 15) is 0 Å². The molecular weight excluding hydrogens is 451 g/mol. The zero-order chi connectivity index (χ0) is 17.6. The van der Waals surface area contributed by atoms with Crippen molar-refractivity contribution in [2.24, 2.45) is 16.3 Å². The molecule has 5 aliphatic rings. The smallest absolute Gasteiger partial charge is 0.194 e. The monoisotopic (exact) mass is 486 g/mol. The highest BCUT2D eigenvalue weighted by Crippen LogP contribution is 2.60. The first-order chi connectivity index (χ1) is 12.8. The lowest BCUT2D eigenvalue weighted by atomic mass is 9.54. The summed E-state index contributed by atoms with van der Waals surface area (Å²) in [5.41, 5.74) is 0.397. The highest BCUT2D eigenvalue weighted by atomic mass is 127. The lowest BCUT2D eigenvalue weighted by Crippen LogP contribution is -2.69. The second-order valence-corrected chi connectivity index (χ2v) is 8.92. The molecule has 6 heteroatoms. The van der Waals surface area contributed by atoms with Gasteiger partial charge in [0.2, 0.25) is 0 Å². The summed E-state index contributed by atoms with van der Waals surface area (Å²) in [4.78, 5) is 10.0. The van der Waals surface area contributed by atoms with E-state index in [0.717, 1.165) is 39.3 Å². The van der Waals surface area contributed by atoms with Crippen molar-refractivity contribution in [3.05, 3.63) is 12.2 Å². The number of ether oxygens (including phenoxy) is 1. The average Bonchev–Trinajstić information content (AvgIpc) is 3.44. The Morgan fingerprint density at radius 3 is 2.74 bits per heavy atom. The first kappa shape index (κ1) is 20.0. The first-order valence-corrected chi connectivity index (χ1v) is 10.9. The zero-order valence-corrected chi connectivity index (χ0v) is 18.9. The summed E-state index contributed by atoms with van der Waals surface area (Å²) in [5.74, 6) is 1.88. The molecule has 0 radical (unpaired) electrons. The van der Waals surface area contributed by atoms with Gasteiger partial charge in [-0.25, -0.2) is 0 Å². The van der Waals surface area contributed by atoms with Crippen molar-refractivity contribution in [2.75, 3.05) is 39.3 Å². The van der Waals surface area contributed by atoms with Crippen LogP contribution in [0.4, 0.5) is 0 Å². The van der Waals surface area contributed by atoms with Gasteiger partial charge in [0.1, 0.15) is 0 Å². The number of rotatable bonds is 3. The minimum absolute atomic E-state index is 0. The molecule has 27 heavy (non-hydrogen) atoms. The quantitative estimate of drug-likeness (QED) is 0.288. The fraction of sp³-hybridized carbons (Fsp3) is 0.857. The Kier molecular flexibility index (Phi) is 6.05. The van der Waals surface area contributed by atoms with E-state index in [1.165, 1.54) is 44.5 Å². The molecule has 0 bridgehead atoms. The molecule has 0 aromatic carbocycles. The van der Waals surface area contributed by atoms with Crippen LogP contribution >= 0.6 is 24.0 Å². The van der Waals surface area contributed by atoms with Crippen LogP contribution in [0.2, 0.25) is 0 Å². The SMILES string of the molecule is CCN=C(NC1C2CCOC2C12CCCC2)N1CCC(N2CC=CC2)C1.I. The number of likely N-dealkylation sites (tertiary alicyclic amines) is 1. The van der Waals surface area contributed by atoms with Crippen LogP contribution in [0, 0.1) is 11.3 Å². The third kappa shape index (κ3) is 3.33. The number of guanidine groups is 1. The first-order valence-electron chi connectivity index (χ1n) is 10.9. The van der Waals surface area contributed by atoms with E-state index in [1.807, 2.05) is 0 Å². The van der Waals surface area contributed by atoms with Gasteiger partial charge in [0.15, 0.2) is 5.96 Å². The maximum absolute atomic E-state index is 6.16. The third-order valence-corrected chi connectivity index (χ3v) is 7.70. The number of nitrogens with zero attached hydrogens (tertiary/aromatic N) is 3. The Morgan fingerprint density at radius 1 is 1.22 bits per heavy atom. The predicted octanol–water partition coefficient (Wildman–Crippen LogP) is 2.86. The van der Waals surface area contributed by atoms with Gasteiger partial charge in [-0.05, 0) is 32.6 Å². The largest absolute Gasteiger partial charge is 0.377 e. The van der Waals surface area contributed by atoms with Crippen molar-refractivity contribution in [3.8, 4) is 0 Å². The van der Waals surface area contributed by atoms with E-state index >= 15 is 0 Å². The molecule has 2 saturated carbocycles. The Labute approximate surface area is 181 Å². The number of nitrogens with one attached hydrogen (secondary N) is 1. The Morgan fingerprint density at radius 2 is 2.00 bits per heavy atom. The summed E-state index contributed by atoms with van der Waals surface area (Å²) in [6.07, 6.45) is 13.1. The second kappa shape index (κ2) is 8.19. The van der Waals surface area contributed by atoms with Crippen molar-refractivity contribution >= 4 is 29.9 Å². The summed E-state index contributed by atoms with van der Waals surface area (Å²) in [5, 5.41) is 3.97. The number of halogens is 1. The summed E-state index contributed by atoms with van der Waals surface area (Å²) >= 11 is 0. The minimum atomic E-state index is 0. The molecule has 2 saturated heterocycles. The van der Waals surface area contributed by atoms with Gasteiger partial charge in [0.25, 0.3) is 0 Å². The van der Waals surface area contributed by atoms with Crippen LogP contribution in [0.15, 0.2) is 17.1 Å². The van der Waals surface area contributed by atoms with Gasteiger partial charge >= 0.3 is 0 Å². The van der Waals surface area contributed by atoms with Crippen molar-refractivity contribution in [3.63, 3.8) is 0 Å². The fourth-order valence-corrected chi connectivity index (χ4v) is 6.45. The number of fused-ring (bicyclic) bond motifs is 2. The van der Waals surface area contributed by atoms with E-state index in [1.54, 1.807) is 0 Å². The molecule has 0 aromatic heterocycles. The Balaban J connectivity index is 0.00000180. The molecule has 3 heterocycles. The van der Waals surface area contributed by atoms with E-state index < -0.39 is 0 Å². The van der Waals surface area contributed by atoms with Gasteiger partial charge in [-0.2, -0.15) is 0 Å². The molecule has 4 fully saturated rings. The van der Waals surface area contributed by atoms with E-state index in [0.29, 0.717) is 29.5 Å². The van der Waals surface area contributed by atoms with E-state index in [2.05, 4.69) is 34.2 Å². The molecule has 5 nitrogen and oxygen atoms in total. The molecule has 1 N–H and O–H groups in total. The number of hydrogen-bond acceptors (Lipinski definition) is 3. The highest BCUT2D eigenvalue weighted by Gasteiger charge is 2.65. The van der Waals surface area contributed by atoms with Crippen LogP contribution < -0.4 is 5.32 Å². The van der Waals surface area contributed by atoms with Crippen LogP contribution in [-0.2, 0) is 4.74 Å². The van der Waals surface area contributed by atoms with Crippen LogP contribution in [-0.4, -0.2) is 73.3 Å². The molecule has 2 aliphatic carbocycles. The van der Waals surface area contributed by atoms with Gasteiger partial charge in [0.05, 0.1) is 6.10 Å². The Hall–Kier alpha value is -0.340. The maximum atomic E-state index is 6.16. The van der Waals surface area contributed by atoms with Crippen LogP contribution in [0.3, 0.4) is 0 Å². The van der Waals surface area contributed by atoms with Gasteiger partial charge < -0.3 is 15.0 Å². The molecule has 152 valence electrons. The summed E-state index contributed by atoms with van der Waals surface area (Å²) in [6.45, 7) is 8.49. The minimum Gasteiger partial charge on any atom is -0.377 e. The predicted molar refractivity (Wildman–Crippen MR) is 120 cm³/mol. The number of hydrogen-bond donors (Lipinski definition) is 1. The molecule has 5 rings (SSSR count).